The number of aromatic nitrogens is 2. The molecule has 29 heavy (non-hydrogen) atoms. The fraction of sp³-hybridized carbons (Fsp3) is 0.375. The molecular formula is C24H29N3O2. The second-order valence-corrected chi connectivity index (χ2v) is 7.61. The van der Waals surface area contributed by atoms with E-state index in [4.69, 9.17) is 9.47 Å². The predicted octanol–water partition coefficient (Wildman–Crippen LogP) is 4.68. The molecule has 1 aliphatic rings. The van der Waals surface area contributed by atoms with E-state index in [2.05, 4.69) is 46.4 Å². The van der Waals surface area contributed by atoms with E-state index in [-0.39, 0.29) is 0 Å². The number of benzene rings is 2. The smallest absolute Gasteiger partial charge is 0.123 e. The first-order chi connectivity index (χ1) is 14.3. The molecular weight excluding hydrogens is 362 g/mol. The monoisotopic (exact) mass is 391 g/mol. The summed E-state index contributed by atoms with van der Waals surface area (Å²) in [6, 6.07) is 17.4. The molecule has 2 aromatic carbocycles. The van der Waals surface area contributed by atoms with E-state index in [1.165, 1.54) is 30.4 Å². The van der Waals surface area contributed by atoms with Gasteiger partial charge >= 0.3 is 0 Å². The molecule has 1 aliphatic heterocycles. The largest absolute Gasteiger partial charge is 0.497 e. The van der Waals surface area contributed by atoms with Crippen LogP contribution in [0.25, 0.3) is 0 Å². The van der Waals surface area contributed by atoms with Crippen molar-refractivity contribution in [1.82, 2.24) is 14.7 Å². The summed E-state index contributed by atoms with van der Waals surface area (Å²) in [6.07, 6.45) is 7.49. The SMILES string of the molecule is COc1cccc([C@H]2CCCCN2Cc2ccc(OC)c(Cn3cccn3)c2)c1. The number of ether oxygens (including phenoxy) is 2. The molecule has 5 heteroatoms. The van der Waals surface area contributed by atoms with Crippen LogP contribution >= 0.6 is 0 Å². The lowest BCUT2D eigenvalue weighted by atomic mass is 9.94. The second kappa shape index (κ2) is 9.14. The number of hydrogen-bond acceptors (Lipinski definition) is 4. The average Bonchev–Trinajstić information content (AvgIpc) is 3.27. The summed E-state index contributed by atoms with van der Waals surface area (Å²) < 4.78 is 13.0. The topological polar surface area (TPSA) is 39.5 Å². The van der Waals surface area contributed by atoms with Gasteiger partial charge < -0.3 is 9.47 Å². The minimum Gasteiger partial charge on any atom is -0.497 e. The first-order valence-corrected chi connectivity index (χ1v) is 10.3. The maximum Gasteiger partial charge on any atom is 0.123 e. The van der Waals surface area contributed by atoms with Crippen LogP contribution in [0.1, 0.15) is 42.0 Å². The molecule has 1 saturated heterocycles. The third-order valence-electron chi connectivity index (χ3n) is 5.71. The maximum absolute atomic E-state index is 5.59. The Morgan fingerprint density at radius 3 is 2.72 bits per heavy atom. The van der Waals surface area contributed by atoms with Gasteiger partial charge in [-0.3, -0.25) is 9.58 Å². The van der Waals surface area contributed by atoms with E-state index in [9.17, 15) is 0 Å². The van der Waals surface area contributed by atoms with Crippen LogP contribution in [0.15, 0.2) is 60.9 Å². The van der Waals surface area contributed by atoms with Crippen LogP contribution in [-0.2, 0) is 13.1 Å². The van der Waals surface area contributed by atoms with E-state index < -0.39 is 0 Å². The zero-order valence-electron chi connectivity index (χ0n) is 17.3. The fourth-order valence-electron chi connectivity index (χ4n) is 4.26. The lowest BCUT2D eigenvalue weighted by Crippen LogP contribution is -2.33. The minimum absolute atomic E-state index is 0.426. The summed E-state index contributed by atoms with van der Waals surface area (Å²) in [6.45, 7) is 2.75. The van der Waals surface area contributed by atoms with Gasteiger partial charge in [0.2, 0.25) is 0 Å². The number of methoxy groups -OCH3 is 2. The molecule has 0 unspecified atom stereocenters. The predicted molar refractivity (Wildman–Crippen MR) is 114 cm³/mol. The molecule has 152 valence electrons. The van der Waals surface area contributed by atoms with Crippen LogP contribution in [-0.4, -0.2) is 35.4 Å². The van der Waals surface area contributed by atoms with E-state index in [0.717, 1.165) is 30.2 Å². The Kier molecular flexibility index (Phi) is 6.15. The van der Waals surface area contributed by atoms with Gasteiger partial charge in [0.15, 0.2) is 0 Å². The van der Waals surface area contributed by atoms with Gasteiger partial charge in [-0.05, 0) is 60.8 Å². The van der Waals surface area contributed by atoms with Crippen molar-refractivity contribution in [2.75, 3.05) is 20.8 Å². The Balaban J connectivity index is 1.56. The van der Waals surface area contributed by atoms with Crippen LogP contribution in [0.3, 0.4) is 0 Å². The molecule has 0 N–H and O–H groups in total. The van der Waals surface area contributed by atoms with Crippen molar-refractivity contribution in [3.8, 4) is 11.5 Å². The molecule has 2 heterocycles. The van der Waals surface area contributed by atoms with E-state index in [0.29, 0.717) is 12.6 Å². The summed E-state index contributed by atoms with van der Waals surface area (Å²) >= 11 is 0. The molecule has 4 rings (SSSR count). The van der Waals surface area contributed by atoms with E-state index in [1.807, 2.05) is 29.2 Å². The first kappa shape index (κ1) is 19.5. The Labute approximate surface area is 172 Å². The van der Waals surface area contributed by atoms with Crippen molar-refractivity contribution >= 4 is 0 Å². The number of hydrogen-bond donors (Lipinski definition) is 0. The Bertz CT molecular complexity index is 924. The lowest BCUT2D eigenvalue weighted by molar-refractivity contribution is 0.140. The molecule has 5 nitrogen and oxygen atoms in total. The average molecular weight is 392 g/mol. The molecule has 0 amide bonds. The van der Waals surface area contributed by atoms with Crippen molar-refractivity contribution in [2.45, 2.75) is 38.4 Å². The Hall–Kier alpha value is -2.79. The van der Waals surface area contributed by atoms with Crippen LogP contribution in [0.4, 0.5) is 0 Å². The highest BCUT2D eigenvalue weighted by molar-refractivity contribution is 5.38. The van der Waals surface area contributed by atoms with Crippen LogP contribution in [0.5, 0.6) is 11.5 Å². The van der Waals surface area contributed by atoms with E-state index in [1.54, 1.807) is 14.2 Å². The van der Waals surface area contributed by atoms with Gasteiger partial charge in [0.05, 0.1) is 20.8 Å². The highest BCUT2D eigenvalue weighted by Gasteiger charge is 2.24. The first-order valence-electron chi connectivity index (χ1n) is 10.3. The molecule has 1 fully saturated rings. The Morgan fingerprint density at radius 2 is 1.93 bits per heavy atom. The van der Waals surface area contributed by atoms with Crippen LogP contribution < -0.4 is 9.47 Å². The van der Waals surface area contributed by atoms with Gasteiger partial charge in [-0.25, -0.2) is 0 Å². The van der Waals surface area contributed by atoms with Crippen LogP contribution in [0.2, 0.25) is 0 Å². The third-order valence-corrected chi connectivity index (χ3v) is 5.71. The molecule has 0 saturated carbocycles. The van der Waals surface area contributed by atoms with Gasteiger partial charge in [-0.1, -0.05) is 24.6 Å². The molecule has 3 aromatic rings. The van der Waals surface area contributed by atoms with Gasteiger partial charge in [0.25, 0.3) is 0 Å². The molecule has 0 bridgehead atoms. The van der Waals surface area contributed by atoms with Crippen molar-refractivity contribution in [1.29, 1.82) is 0 Å². The summed E-state index contributed by atoms with van der Waals surface area (Å²) in [5.41, 5.74) is 3.81. The number of likely N-dealkylation sites (tertiary alicyclic amines) is 1. The number of piperidine rings is 1. The summed E-state index contributed by atoms with van der Waals surface area (Å²) in [5, 5.41) is 4.34. The normalized spacial score (nSPS) is 17.2. The van der Waals surface area contributed by atoms with Gasteiger partial charge in [-0.2, -0.15) is 5.10 Å². The maximum atomic E-state index is 5.59. The highest BCUT2D eigenvalue weighted by Crippen LogP contribution is 2.34. The zero-order chi connectivity index (χ0) is 20.1. The van der Waals surface area contributed by atoms with Gasteiger partial charge in [0.1, 0.15) is 11.5 Å². The Morgan fingerprint density at radius 1 is 1.00 bits per heavy atom. The van der Waals surface area contributed by atoms with Crippen molar-refractivity contribution in [3.63, 3.8) is 0 Å². The number of rotatable bonds is 7. The van der Waals surface area contributed by atoms with Gasteiger partial charge in [0, 0.05) is 30.5 Å². The molecule has 0 aliphatic carbocycles. The summed E-state index contributed by atoms with van der Waals surface area (Å²) in [7, 11) is 3.46. The summed E-state index contributed by atoms with van der Waals surface area (Å²) in [4.78, 5) is 2.60. The van der Waals surface area contributed by atoms with Crippen molar-refractivity contribution in [2.24, 2.45) is 0 Å². The zero-order valence-corrected chi connectivity index (χ0v) is 17.3. The second-order valence-electron chi connectivity index (χ2n) is 7.61. The quantitative estimate of drug-likeness (QED) is 0.586. The molecule has 0 radical (unpaired) electrons. The summed E-state index contributed by atoms with van der Waals surface area (Å²) in [5.74, 6) is 1.84. The molecule has 1 aromatic heterocycles. The van der Waals surface area contributed by atoms with Crippen molar-refractivity contribution < 1.29 is 9.47 Å². The number of nitrogens with zero attached hydrogens (tertiary/aromatic N) is 3. The molecule has 1 atom stereocenters. The van der Waals surface area contributed by atoms with Crippen molar-refractivity contribution in [3.05, 3.63) is 77.6 Å². The minimum atomic E-state index is 0.426. The van der Waals surface area contributed by atoms with E-state index >= 15 is 0 Å². The fourth-order valence-corrected chi connectivity index (χ4v) is 4.26. The van der Waals surface area contributed by atoms with Gasteiger partial charge in [-0.15, -0.1) is 0 Å². The molecule has 0 spiro atoms. The lowest BCUT2D eigenvalue weighted by Gasteiger charge is -2.36. The third kappa shape index (κ3) is 4.62. The highest BCUT2D eigenvalue weighted by atomic mass is 16.5. The van der Waals surface area contributed by atoms with Crippen LogP contribution in [0, 0.1) is 0 Å². The standard InChI is InChI=1S/C24H29N3O2/c1-28-22-8-5-7-20(16-22)23-9-3-4-13-26(23)17-19-10-11-24(29-2)21(15-19)18-27-14-6-12-25-27/h5-8,10-12,14-16,23H,3-4,9,13,17-18H2,1-2H3/t23-/m1/s1.